The van der Waals surface area contributed by atoms with Crippen LogP contribution in [0.5, 0.6) is 0 Å². The summed E-state index contributed by atoms with van der Waals surface area (Å²) in [5.41, 5.74) is 0.736. The van der Waals surface area contributed by atoms with E-state index in [1.807, 2.05) is 39.0 Å². The van der Waals surface area contributed by atoms with Crippen LogP contribution in [0.3, 0.4) is 0 Å². The number of aliphatic hydroxyl groups is 1. The van der Waals surface area contributed by atoms with Crippen molar-refractivity contribution in [2.75, 3.05) is 0 Å². The van der Waals surface area contributed by atoms with E-state index in [2.05, 4.69) is 5.32 Å². The highest BCUT2D eigenvalue weighted by atomic mass is 16.5. The van der Waals surface area contributed by atoms with Crippen LogP contribution in [0, 0.1) is 17.8 Å². The van der Waals surface area contributed by atoms with E-state index in [0.717, 1.165) is 18.4 Å². The van der Waals surface area contributed by atoms with Crippen molar-refractivity contribution in [2.45, 2.75) is 84.3 Å². The van der Waals surface area contributed by atoms with Gasteiger partial charge in [0.25, 0.3) is 0 Å². The van der Waals surface area contributed by atoms with Crippen LogP contribution in [0.4, 0.5) is 0 Å². The van der Waals surface area contributed by atoms with E-state index in [-0.39, 0.29) is 35.4 Å². The normalized spacial score (nSPS) is 28.7. The zero-order chi connectivity index (χ0) is 24.4. The number of aliphatic hydroxyl groups excluding tert-OH is 1. The molecule has 2 rings (SSSR count). The van der Waals surface area contributed by atoms with E-state index < -0.39 is 18.2 Å². The summed E-state index contributed by atoms with van der Waals surface area (Å²) in [7, 11) is 0. The Hall–Kier alpha value is -2.54. The minimum absolute atomic E-state index is 0.00768. The molecule has 2 aliphatic heterocycles. The number of amides is 2. The predicted molar refractivity (Wildman–Crippen MR) is 125 cm³/mol. The van der Waals surface area contributed by atoms with Gasteiger partial charge in [0.05, 0.1) is 6.10 Å². The molecule has 2 amide bonds. The first-order valence-corrected chi connectivity index (χ1v) is 11.9. The number of cyclic esters (lactones) is 1. The fourth-order valence-corrected chi connectivity index (χ4v) is 4.35. The van der Waals surface area contributed by atoms with E-state index >= 15 is 0 Å². The number of rotatable bonds is 7. The van der Waals surface area contributed by atoms with Gasteiger partial charge >= 0.3 is 5.97 Å². The van der Waals surface area contributed by atoms with Crippen molar-refractivity contribution in [1.29, 1.82) is 0 Å². The first-order chi connectivity index (χ1) is 15.7. The number of hydrogen-bond donors (Lipinski definition) is 2. The Labute approximate surface area is 196 Å². The topological polar surface area (TPSA) is 110 Å². The number of Topliss-reactive ketones (excluding diaryl/α,β-unsaturated/α-hetero) is 1. The van der Waals surface area contributed by atoms with E-state index in [4.69, 9.17) is 4.74 Å². The summed E-state index contributed by atoms with van der Waals surface area (Å²) in [4.78, 5) is 47.9. The molecular weight excluding hydrogens is 422 g/mol. The Balaban J connectivity index is 1.98. The Kier molecular flexibility index (Phi) is 10.7. The molecule has 7 heteroatoms. The quantitative estimate of drug-likeness (QED) is 0.342. The van der Waals surface area contributed by atoms with Gasteiger partial charge in [-0.05, 0) is 50.5 Å². The number of carbonyl (C=O) groups is 4. The molecule has 4 atom stereocenters. The molecule has 0 bridgehead atoms. The second kappa shape index (κ2) is 13.2. The fourth-order valence-electron chi connectivity index (χ4n) is 4.35. The third kappa shape index (κ3) is 9.08. The highest BCUT2D eigenvalue weighted by Crippen LogP contribution is 2.25. The van der Waals surface area contributed by atoms with Crippen LogP contribution >= 0.6 is 0 Å². The maximum absolute atomic E-state index is 12.7. The molecule has 0 aromatic heterocycles. The van der Waals surface area contributed by atoms with Gasteiger partial charge in [-0.3, -0.25) is 19.7 Å². The van der Waals surface area contributed by atoms with Crippen molar-refractivity contribution >= 4 is 23.6 Å². The lowest BCUT2D eigenvalue weighted by Crippen LogP contribution is -2.38. The number of allylic oxidation sites excluding steroid dienone is 3. The summed E-state index contributed by atoms with van der Waals surface area (Å²) >= 11 is 0. The van der Waals surface area contributed by atoms with Crippen LogP contribution in [0.25, 0.3) is 0 Å². The van der Waals surface area contributed by atoms with E-state index in [1.165, 1.54) is 6.08 Å². The minimum atomic E-state index is -0.674. The van der Waals surface area contributed by atoms with Crippen LogP contribution in [-0.4, -0.2) is 40.9 Å². The summed E-state index contributed by atoms with van der Waals surface area (Å²) in [5.74, 6) is -1.61. The summed E-state index contributed by atoms with van der Waals surface area (Å²) in [6, 6.07) is 0. The van der Waals surface area contributed by atoms with Crippen LogP contribution in [-0.2, 0) is 23.9 Å². The number of ketones is 1. The van der Waals surface area contributed by atoms with Gasteiger partial charge in [-0.15, -0.1) is 0 Å². The molecule has 0 spiro atoms. The zero-order valence-electron chi connectivity index (χ0n) is 19.9. The Morgan fingerprint density at radius 2 is 1.85 bits per heavy atom. The summed E-state index contributed by atoms with van der Waals surface area (Å²) in [5, 5.41) is 12.9. The predicted octanol–water partition coefficient (Wildman–Crippen LogP) is 3.57. The van der Waals surface area contributed by atoms with Gasteiger partial charge in [0.15, 0.2) is 0 Å². The molecule has 182 valence electrons. The molecule has 0 radical (unpaired) electrons. The molecule has 33 heavy (non-hydrogen) atoms. The van der Waals surface area contributed by atoms with Gasteiger partial charge in [0.2, 0.25) is 11.8 Å². The smallest absolute Gasteiger partial charge is 0.331 e. The molecule has 2 aliphatic rings. The molecule has 1 fully saturated rings. The Bertz CT molecular complexity index is 796. The molecule has 0 aromatic carbocycles. The summed E-state index contributed by atoms with van der Waals surface area (Å²) in [6.45, 7) is 5.48. The van der Waals surface area contributed by atoms with E-state index in [9.17, 15) is 24.3 Å². The second-order valence-electron chi connectivity index (χ2n) is 9.27. The fraction of sp³-hybridized carbons (Fsp3) is 0.615. The van der Waals surface area contributed by atoms with Crippen LogP contribution < -0.4 is 5.32 Å². The molecule has 0 aliphatic carbocycles. The van der Waals surface area contributed by atoms with Gasteiger partial charge in [-0.25, -0.2) is 4.79 Å². The maximum atomic E-state index is 12.7. The number of hydrogen-bond acceptors (Lipinski definition) is 6. The van der Waals surface area contributed by atoms with Gasteiger partial charge in [-0.1, -0.05) is 38.2 Å². The number of ether oxygens (including phenoxy) is 1. The molecule has 7 nitrogen and oxygen atoms in total. The summed E-state index contributed by atoms with van der Waals surface area (Å²) < 4.78 is 5.67. The molecule has 0 aromatic rings. The second-order valence-corrected chi connectivity index (χ2v) is 9.27. The number of esters is 1. The number of imide groups is 1. The van der Waals surface area contributed by atoms with Crippen molar-refractivity contribution in [1.82, 2.24) is 5.32 Å². The highest BCUT2D eigenvalue weighted by molar-refractivity contribution is 5.97. The average Bonchev–Trinajstić information content (AvgIpc) is 2.74. The van der Waals surface area contributed by atoms with Gasteiger partial charge in [-0.2, -0.15) is 0 Å². The van der Waals surface area contributed by atoms with Crippen molar-refractivity contribution in [3.8, 4) is 0 Å². The first kappa shape index (κ1) is 26.7. The number of piperidine rings is 1. The van der Waals surface area contributed by atoms with Crippen molar-refractivity contribution < 1.29 is 29.0 Å². The highest BCUT2D eigenvalue weighted by Gasteiger charge is 2.29. The van der Waals surface area contributed by atoms with E-state index in [0.29, 0.717) is 38.5 Å². The van der Waals surface area contributed by atoms with Crippen LogP contribution in [0.2, 0.25) is 0 Å². The largest absolute Gasteiger partial charge is 0.454 e. The zero-order valence-corrected chi connectivity index (χ0v) is 19.9. The third-order valence-electron chi connectivity index (χ3n) is 6.36. The Morgan fingerprint density at radius 1 is 1.18 bits per heavy atom. The lowest BCUT2D eigenvalue weighted by atomic mass is 9.87. The third-order valence-corrected chi connectivity index (χ3v) is 6.36. The van der Waals surface area contributed by atoms with Crippen molar-refractivity contribution in [3.05, 3.63) is 36.0 Å². The minimum Gasteiger partial charge on any atom is -0.454 e. The van der Waals surface area contributed by atoms with Gasteiger partial charge in [0.1, 0.15) is 11.9 Å². The SMILES string of the molecule is C/C(=C\[C@H](C)C(=O)CCCC1CC(=O)NC(=O)C1)[C@@H]1OC(=O)/C=C/CC/C=C/C[C@@H](O)[C@@H]1C. The molecule has 1 saturated heterocycles. The standard InChI is InChI=1S/C26H37NO6/c1-17(21(28)12-9-10-20-15-23(30)27-24(31)16-20)14-18(2)26-19(3)22(29)11-7-5-4-6-8-13-25(32)33-26/h5,7-8,13-14,17,19-20,22,26,29H,4,6,9-12,15-16H2,1-3H3,(H,27,30,31)/b7-5+,13-8+,18-14+/t17-,19-,22+,26-/m0/s1. The number of carbonyl (C=O) groups excluding carboxylic acids is 4. The molecule has 2 heterocycles. The molecular formula is C26H37NO6. The average molecular weight is 460 g/mol. The summed E-state index contributed by atoms with van der Waals surface area (Å²) in [6.07, 6.45) is 11.9. The Morgan fingerprint density at radius 3 is 2.55 bits per heavy atom. The van der Waals surface area contributed by atoms with Crippen LogP contribution in [0.15, 0.2) is 36.0 Å². The molecule has 0 unspecified atom stereocenters. The first-order valence-electron chi connectivity index (χ1n) is 11.9. The van der Waals surface area contributed by atoms with Crippen molar-refractivity contribution in [3.63, 3.8) is 0 Å². The molecule has 2 N–H and O–H groups in total. The lowest BCUT2D eigenvalue weighted by molar-refractivity contribution is -0.145. The monoisotopic (exact) mass is 459 g/mol. The van der Waals surface area contributed by atoms with Crippen molar-refractivity contribution in [2.24, 2.45) is 17.8 Å². The lowest BCUT2D eigenvalue weighted by Gasteiger charge is -2.28. The van der Waals surface area contributed by atoms with Crippen LogP contribution in [0.1, 0.15) is 72.1 Å². The molecule has 0 saturated carbocycles. The maximum Gasteiger partial charge on any atom is 0.331 e. The van der Waals surface area contributed by atoms with Gasteiger partial charge < -0.3 is 9.84 Å². The van der Waals surface area contributed by atoms with Gasteiger partial charge in [0, 0.05) is 37.2 Å². The number of nitrogens with one attached hydrogen (secondary N) is 1. The van der Waals surface area contributed by atoms with E-state index in [1.54, 1.807) is 6.08 Å².